The van der Waals surface area contributed by atoms with E-state index in [1.54, 1.807) is 6.20 Å². The van der Waals surface area contributed by atoms with Gasteiger partial charge in [-0.15, -0.1) is 0 Å². The summed E-state index contributed by atoms with van der Waals surface area (Å²) in [6.07, 6.45) is 9.21. The van der Waals surface area contributed by atoms with Crippen molar-refractivity contribution in [2.24, 2.45) is 23.5 Å². The van der Waals surface area contributed by atoms with E-state index in [0.717, 1.165) is 57.9 Å². The minimum atomic E-state index is 0.0989. The summed E-state index contributed by atoms with van der Waals surface area (Å²) in [6, 6.07) is 0.302. The summed E-state index contributed by atoms with van der Waals surface area (Å²) in [6.45, 7) is 5.38. The van der Waals surface area contributed by atoms with Crippen LogP contribution in [-0.2, 0) is 16.1 Å². The molecule has 26 heavy (non-hydrogen) atoms. The van der Waals surface area contributed by atoms with Crippen LogP contribution in [0, 0.1) is 17.8 Å². The highest BCUT2D eigenvalue weighted by molar-refractivity contribution is 5.92. The van der Waals surface area contributed by atoms with E-state index in [1.165, 1.54) is 19.3 Å². The Morgan fingerprint density at radius 2 is 1.96 bits per heavy atom. The van der Waals surface area contributed by atoms with E-state index in [1.807, 2.05) is 10.9 Å². The van der Waals surface area contributed by atoms with Gasteiger partial charge >= 0.3 is 0 Å². The van der Waals surface area contributed by atoms with E-state index in [0.29, 0.717) is 17.9 Å². The fourth-order valence-corrected chi connectivity index (χ4v) is 4.87. The van der Waals surface area contributed by atoms with Gasteiger partial charge in [0, 0.05) is 37.8 Å². The topological polar surface area (TPSA) is 85.4 Å². The van der Waals surface area contributed by atoms with E-state index in [2.05, 4.69) is 15.3 Å². The first-order valence-electron chi connectivity index (χ1n) is 10.1. The van der Waals surface area contributed by atoms with E-state index < -0.39 is 0 Å². The zero-order valence-corrected chi connectivity index (χ0v) is 15.5. The molecule has 1 aliphatic heterocycles. The van der Waals surface area contributed by atoms with Gasteiger partial charge in [0.05, 0.1) is 31.6 Å². The summed E-state index contributed by atoms with van der Waals surface area (Å²) in [4.78, 5) is 15.1. The number of rotatable bonds is 5. The van der Waals surface area contributed by atoms with Crippen molar-refractivity contribution in [2.45, 2.75) is 44.7 Å². The second-order valence-corrected chi connectivity index (χ2v) is 8.13. The number of anilines is 1. The van der Waals surface area contributed by atoms with Crippen LogP contribution in [-0.4, -0.2) is 59.5 Å². The van der Waals surface area contributed by atoms with Crippen molar-refractivity contribution in [3.8, 4) is 0 Å². The molecule has 4 rings (SSSR count). The maximum atomic E-state index is 12.7. The smallest absolute Gasteiger partial charge is 0.227 e. The first kappa shape index (κ1) is 17.9. The highest BCUT2D eigenvalue weighted by Crippen LogP contribution is 2.42. The van der Waals surface area contributed by atoms with Crippen LogP contribution < -0.4 is 11.1 Å². The van der Waals surface area contributed by atoms with E-state index in [-0.39, 0.29) is 11.8 Å². The highest BCUT2D eigenvalue weighted by atomic mass is 16.5. The fraction of sp³-hybridized carbons (Fsp3) is 0.789. The Bertz CT molecular complexity index is 599. The molecule has 1 saturated heterocycles. The lowest BCUT2D eigenvalue weighted by atomic mass is 9.65. The molecule has 3 fully saturated rings. The van der Waals surface area contributed by atoms with Gasteiger partial charge in [0.15, 0.2) is 0 Å². The zero-order chi connectivity index (χ0) is 17.9. The van der Waals surface area contributed by atoms with Crippen LogP contribution in [0.3, 0.4) is 0 Å². The molecule has 1 aromatic heterocycles. The number of carbonyl (C=O) groups is 1. The number of nitrogens with zero attached hydrogens (tertiary/aromatic N) is 3. The maximum absolute atomic E-state index is 12.7. The Hall–Kier alpha value is -1.44. The zero-order valence-electron chi connectivity index (χ0n) is 15.5. The highest BCUT2D eigenvalue weighted by Gasteiger charge is 2.40. The van der Waals surface area contributed by atoms with Gasteiger partial charge in [-0.05, 0) is 37.5 Å². The van der Waals surface area contributed by atoms with Crippen LogP contribution in [0.2, 0.25) is 0 Å². The summed E-state index contributed by atoms with van der Waals surface area (Å²) in [7, 11) is 0. The number of hydrogen-bond donors (Lipinski definition) is 2. The van der Waals surface area contributed by atoms with Crippen molar-refractivity contribution in [2.75, 3.05) is 38.2 Å². The maximum Gasteiger partial charge on any atom is 0.227 e. The fourth-order valence-electron chi connectivity index (χ4n) is 4.87. The molecule has 2 aliphatic carbocycles. The Kier molecular flexibility index (Phi) is 5.57. The quantitative estimate of drug-likeness (QED) is 0.826. The van der Waals surface area contributed by atoms with Crippen molar-refractivity contribution < 1.29 is 9.53 Å². The van der Waals surface area contributed by atoms with Crippen molar-refractivity contribution in [3.63, 3.8) is 0 Å². The average molecular weight is 361 g/mol. The Balaban J connectivity index is 1.27. The number of hydrogen-bond acceptors (Lipinski definition) is 5. The molecule has 7 heteroatoms. The summed E-state index contributed by atoms with van der Waals surface area (Å²) in [5.74, 6) is 1.28. The molecular weight excluding hydrogens is 330 g/mol. The predicted molar refractivity (Wildman–Crippen MR) is 99.6 cm³/mol. The van der Waals surface area contributed by atoms with Gasteiger partial charge in [0.25, 0.3) is 0 Å². The minimum Gasteiger partial charge on any atom is -0.379 e. The lowest BCUT2D eigenvalue weighted by Crippen LogP contribution is -2.48. The van der Waals surface area contributed by atoms with Crippen LogP contribution in [0.5, 0.6) is 0 Å². The minimum absolute atomic E-state index is 0.0989. The first-order chi connectivity index (χ1) is 12.7. The summed E-state index contributed by atoms with van der Waals surface area (Å²) in [5, 5.41) is 7.47. The molecule has 2 atom stereocenters. The van der Waals surface area contributed by atoms with Gasteiger partial charge in [0.2, 0.25) is 5.91 Å². The molecule has 2 unspecified atom stereocenters. The van der Waals surface area contributed by atoms with Gasteiger partial charge in [0.1, 0.15) is 0 Å². The number of nitrogens with one attached hydrogen (secondary N) is 1. The molecule has 2 saturated carbocycles. The van der Waals surface area contributed by atoms with Gasteiger partial charge in [-0.25, -0.2) is 0 Å². The Labute approximate surface area is 155 Å². The molecular formula is C19H31N5O2. The molecule has 2 bridgehead atoms. The van der Waals surface area contributed by atoms with Crippen molar-refractivity contribution in [1.29, 1.82) is 0 Å². The number of amides is 1. The van der Waals surface area contributed by atoms with E-state index in [9.17, 15) is 4.79 Å². The van der Waals surface area contributed by atoms with E-state index in [4.69, 9.17) is 10.5 Å². The largest absolute Gasteiger partial charge is 0.379 e. The number of aromatic nitrogens is 2. The van der Waals surface area contributed by atoms with Crippen molar-refractivity contribution >= 4 is 11.6 Å². The summed E-state index contributed by atoms with van der Waals surface area (Å²) < 4.78 is 7.28. The average Bonchev–Trinajstić information content (AvgIpc) is 3.08. The number of nitrogens with two attached hydrogens (primary N) is 1. The molecule has 144 valence electrons. The lowest BCUT2D eigenvalue weighted by molar-refractivity contribution is -0.122. The van der Waals surface area contributed by atoms with Gasteiger partial charge in [-0.3, -0.25) is 14.4 Å². The van der Waals surface area contributed by atoms with Crippen LogP contribution in [0.25, 0.3) is 0 Å². The van der Waals surface area contributed by atoms with Crippen LogP contribution in [0.4, 0.5) is 5.69 Å². The van der Waals surface area contributed by atoms with Crippen molar-refractivity contribution in [3.05, 3.63) is 12.4 Å². The summed E-state index contributed by atoms with van der Waals surface area (Å²) in [5.41, 5.74) is 7.14. The predicted octanol–water partition coefficient (Wildman–Crippen LogP) is 1.31. The Morgan fingerprint density at radius 1 is 1.23 bits per heavy atom. The number of morpholine rings is 1. The lowest BCUT2D eigenvalue weighted by Gasteiger charge is -2.43. The van der Waals surface area contributed by atoms with Gasteiger partial charge < -0.3 is 15.8 Å². The molecule has 1 amide bonds. The number of carbonyl (C=O) groups excluding carboxylic acids is 1. The SMILES string of the molecule is NC1C2CCCC1CC(C(=O)Nc1cnn(CCN3CCOCC3)c1)C2. The third-order valence-electron chi connectivity index (χ3n) is 6.43. The van der Waals surface area contributed by atoms with Crippen molar-refractivity contribution in [1.82, 2.24) is 14.7 Å². The molecule has 0 aromatic carbocycles. The standard InChI is InChI=1S/C19H31N5O2/c20-18-14-2-1-3-15(18)11-16(10-14)19(25)22-17-12-21-24(13-17)5-4-23-6-8-26-9-7-23/h12-16,18H,1-11,20H2,(H,22,25). The van der Waals surface area contributed by atoms with Crippen LogP contribution in [0.1, 0.15) is 32.1 Å². The van der Waals surface area contributed by atoms with Crippen LogP contribution in [0.15, 0.2) is 12.4 Å². The number of fused-ring (bicyclic) bond motifs is 2. The third-order valence-corrected chi connectivity index (χ3v) is 6.43. The molecule has 2 heterocycles. The second-order valence-electron chi connectivity index (χ2n) is 8.13. The molecule has 0 spiro atoms. The third kappa shape index (κ3) is 4.10. The van der Waals surface area contributed by atoms with Gasteiger partial charge in [-0.2, -0.15) is 5.10 Å². The van der Waals surface area contributed by atoms with Gasteiger partial charge in [-0.1, -0.05) is 6.42 Å². The Morgan fingerprint density at radius 3 is 2.69 bits per heavy atom. The number of ether oxygens (including phenoxy) is 1. The monoisotopic (exact) mass is 361 g/mol. The molecule has 3 N–H and O–H groups in total. The molecule has 0 radical (unpaired) electrons. The second kappa shape index (κ2) is 8.06. The van der Waals surface area contributed by atoms with E-state index >= 15 is 0 Å². The molecule has 3 aliphatic rings. The summed E-state index contributed by atoms with van der Waals surface area (Å²) >= 11 is 0. The van der Waals surface area contributed by atoms with Crippen LogP contribution >= 0.6 is 0 Å². The normalized spacial score (nSPS) is 32.3. The molecule has 1 aromatic rings. The molecule has 7 nitrogen and oxygen atoms in total. The first-order valence-corrected chi connectivity index (χ1v) is 10.1.